The molecule has 0 radical (unpaired) electrons. The quantitative estimate of drug-likeness (QED) is 0.147. The molecule has 47 heavy (non-hydrogen) atoms. The number of carbonyl (C=O) groups excluding carboxylic acids is 2. The van der Waals surface area contributed by atoms with E-state index in [9.17, 15) is 18.0 Å². The maximum atomic E-state index is 14.6. The third kappa shape index (κ3) is 9.60. The summed E-state index contributed by atoms with van der Waals surface area (Å²) in [6.45, 7) is 7.88. The van der Waals surface area contributed by atoms with Crippen LogP contribution in [-0.4, -0.2) is 44.3 Å². The minimum Gasteiger partial charge on any atom is -0.354 e. The average molecular weight is 695 g/mol. The second kappa shape index (κ2) is 16.3. The van der Waals surface area contributed by atoms with E-state index in [0.29, 0.717) is 27.8 Å². The summed E-state index contributed by atoms with van der Waals surface area (Å²) in [6.07, 6.45) is 0.205. The topological polar surface area (TPSA) is 86.8 Å². The first-order chi connectivity index (χ1) is 22.4. The number of anilines is 1. The fourth-order valence-corrected chi connectivity index (χ4v) is 6.99. The monoisotopic (exact) mass is 693 g/mol. The van der Waals surface area contributed by atoms with Crippen LogP contribution < -0.4 is 9.62 Å². The van der Waals surface area contributed by atoms with Crippen LogP contribution in [0.3, 0.4) is 0 Å². The minimum absolute atomic E-state index is 0.0449. The van der Waals surface area contributed by atoms with E-state index in [2.05, 4.69) is 5.32 Å². The molecule has 2 amide bonds. The van der Waals surface area contributed by atoms with E-state index in [0.717, 1.165) is 15.4 Å². The number of rotatable bonds is 14. The van der Waals surface area contributed by atoms with Crippen LogP contribution in [0.1, 0.15) is 50.3 Å². The Bertz CT molecular complexity index is 1750. The van der Waals surface area contributed by atoms with Crippen LogP contribution in [-0.2, 0) is 32.6 Å². The van der Waals surface area contributed by atoms with Crippen LogP contribution in [0.25, 0.3) is 0 Å². The van der Waals surface area contributed by atoms with Crippen molar-refractivity contribution in [3.05, 3.63) is 130 Å². The number of hydrogen-bond acceptors (Lipinski definition) is 4. The Morgan fingerprint density at radius 1 is 0.809 bits per heavy atom. The third-order valence-electron chi connectivity index (χ3n) is 7.77. The molecule has 0 saturated carbocycles. The van der Waals surface area contributed by atoms with Gasteiger partial charge in [-0.25, -0.2) is 8.42 Å². The van der Waals surface area contributed by atoms with Gasteiger partial charge in [0.15, 0.2) is 0 Å². The van der Waals surface area contributed by atoms with Crippen molar-refractivity contribution in [2.24, 2.45) is 5.92 Å². The summed E-state index contributed by atoms with van der Waals surface area (Å²) in [5.74, 6) is -0.511. The fourth-order valence-electron chi connectivity index (χ4n) is 5.08. The lowest BCUT2D eigenvalue weighted by Crippen LogP contribution is -2.53. The van der Waals surface area contributed by atoms with Gasteiger partial charge in [0.05, 0.1) is 10.6 Å². The van der Waals surface area contributed by atoms with Crippen LogP contribution in [0.4, 0.5) is 5.69 Å². The predicted molar refractivity (Wildman–Crippen MR) is 190 cm³/mol. The lowest BCUT2D eigenvalue weighted by atomic mass is 10.0. The summed E-state index contributed by atoms with van der Waals surface area (Å²) >= 11 is 12.8. The van der Waals surface area contributed by atoms with Crippen molar-refractivity contribution in [2.75, 3.05) is 17.4 Å². The highest BCUT2D eigenvalue weighted by atomic mass is 35.5. The van der Waals surface area contributed by atoms with Gasteiger partial charge in [0.2, 0.25) is 11.8 Å². The number of hydrogen-bond donors (Lipinski definition) is 1. The number of amides is 2. The molecule has 0 aromatic heterocycles. The van der Waals surface area contributed by atoms with Gasteiger partial charge in [-0.3, -0.25) is 13.9 Å². The molecule has 0 fully saturated rings. The van der Waals surface area contributed by atoms with Gasteiger partial charge in [-0.1, -0.05) is 118 Å². The van der Waals surface area contributed by atoms with E-state index in [4.69, 9.17) is 23.2 Å². The maximum Gasteiger partial charge on any atom is 0.264 e. The Morgan fingerprint density at radius 3 is 2.00 bits per heavy atom. The molecule has 4 rings (SSSR count). The Balaban J connectivity index is 1.82. The van der Waals surface area contributed by atoms with Gasteiger partial charge in [0.1, 0.15) is 12.6 Å². The Hall–Kier alpha value is -3.85. The maximum absolute atomic E-state index is 14.6. The molecule has 0 heterocycles. The first-order valence-electron chi connectivity index (χ1n) is 15.6. The van der Waals surface area contributed by atoms with Crippen LogP contribution in [0.5, 0.6) is 0 Å². The number of nitrogens with zero attached hydrogens (tertiary/aromatic N) is 2. The molecule has 1 unspecified atom stereocenters. The lowest BCUT2D eigenvalue weighted by molar-refractivity contribution is -0.140. The molecule has 0 saturated heterocycles. The zero-order chi connectivity index (χ0) is 34.1. The Labute approximate surface area is 288 Å². The molecule has 1 atom stereocenters. The number of carbonyl (C=O) groups is 2. The van der Waals surface area contributed by atoms with Crippen LogP contribution in [0.2, 0.25) is 10.0 Å². The summed E-state index contributed by atoms with van der Waals surface area (Å²) in [5, 5.41) is 3.74. The van der Waals surface area contributed by atoms with E-state index in [1.807, 2.05) is 70.2 Å². The highest BCUT2D eigenvalue weighted by molar-refractivity contribution is 7.92. The highest BCUT2D eigenvalue weighted by Gasteiger charge is 2.35. The fraction of sp³-hybridized carbons (Fsp3) is 0.297. The van der Waals surface area contributed by atoms with Crippen LogP contribution in [0.15, 0.2) is 108 Å². The van der Waals surface area contributed by atoms with Gasteiger partial charge in [0.25, 0.3) is 10.0 Å². The molecular weight excluding hydrogens is 653 g/mol. The van der Waals surface area contributed by atoms with Gasteiger partial charge in [-0.05, 0) is 64.9 Å². The highest BCUT2D eigenvalue weighted by Crippen LogP contribution is 2.28. The normalized spacial score (nSPS) is 12.2. The number of sulfonamides is 1. The summed E-state index contributed by atoms with van der Waals surface area (Å²) in [7, 11) is -4.19. The summed E-state index contributed by atoms with van der Waals surface area (Å²) < 4.78 is 29.5. The van der Waals surface area contributed by atoms with Crippen molar-refractivity contribution in [1.29, 1.82) is 0 Å². The molecule has 0 aliphatic heterocycles. The average Bonchev–Trinajstić information content (AvgIpc) is 3.05. The van der Waals surface area contributed by atoms with Crippen molar-refractivity contribution in [3.63, 3.8) is 0 Å². The van der Waals surface area contributed by atoms with E-state index in [1.54, 1.807) is 48.5 Å². The lowest BCUT2D eigenvalue weighted by Gasteiger charge is -2.34. The molecule has 4 aromatic carbocycles. The Kier molecular flexibility index (Phi) is 12.5. The molecular formula is C37H41Cl2N3O4S. The van der Waals surface area contributed by atoms with E-state index in [-0.39, 0.29) is 35.6 Å². The van der Waals surface area contributed by atoms with Crippen LogP contribution in [0, 0.1) is 5.92 Å². The number of nitrogens with one attached hydrogen (secondary N) is 1. The van der Waals surface area contributed by atoms with Gasteiger partial charge >= 0.3 is 0 Å². The molecule has 7 nitrogen and oxygen atoms in total. The Morgan fingerprint density at radius 2 is 1.43 bits per heavy atom. The standard InChI is InChI=1S/C37H41Cl2N3O4S/c1-26(2)23-40-37(44)35(21-28-11-7-5-8-12-28)41(24-30-15-18-31(38)22-34(30)39)36(43)25-42(32-19-16-29(17-20-32)27(3)4)47(45,46)33-13-9-6-10-14-33/h5-20,22,26-27,35H,21,23-25H2,1-4H3,(H,40,44). The first-order valence-corrected chi connectivity index (χ1v) is 17.8. The molecule has 10 heteroatoms. The van der Waals surface area contributed by atoms with E-state index >= 15 is 0 Å². The number of halogens is 2. The molecule has 0 spiro atoms. The van der Waals surface area contributed by atoms with Crippen molar-refractivity contribution in [2.45, 2.75) is 57.5 Å². The SMILES string of the molecule is CC(C)CNC(=O)C(Cc1ccccc1)N(Cc1ccc(Cl)cc1Cl)C(=O)CN(c1ccc(C(C)C)cc1)S(=O)(=O)c1ccccc1. The largest absolute Gasteiger partial charge is 0.354 e. The molecule has 0 aliphatic rings. The summed E-state index contributed by atoms with van der Waals surface area (Å²) in [5.41, 5.74) is 2.77. The third-order valence-corrected chi connectivity index (χ3v) is 10.1. The number of benzene rings is 4. The van der Waals surface area contributed by atoms with Crippen molar-refractivity contribution in [1.82, 2.24) is 10.2 Å². The predicted octanol–water partition coefficient (Wildman–Crippen LogP) is 7.72. The smallest absolute Gasteiger partial charge is 0.264 e. The molecule has 248 valence electrons. The molecule has 0 bridgehead atoms. The summed E-state index contributed by atoms with van der Waals surface area (Å²) in [6, 6.07) is 28.5. The van der Waals surface area contributed by atoms with Crippen LogP contribution >= 0.6 is 23.2 Å². The first kappa shape index (κ1) is 36.0. The van der Waals surface area contributed by atoms with Crippen molar-refractivity contribution >= 4 is 50.7 Å². The summed E-state index contributed by atoms with van der Waals surface area (Å²) in [4.78, 5) is 30.0. The van der Waals surface area contributed by atoms with Gasteiger partial charge in [-0.2, -0.15) is 0 Å². The zero-order valence-corrected chi connectivity index (χ0v) is 29.4. The molecule has 4 aromatic rings. The molecule has 0 aliphatic carbocycles. The van der Waals surface area contributed by atoms with E-state index in [1.165, 1.54) is 17.0 Å². The second-order valence-electron chi connectivity index (χ2n) is 12.2. The van der Waals surface area contributed by atoms with Crippen molar-refractivity contribution in [3.8, 4) is 0 Å². The second-order valence-corrected chi connectivity index (χ2v) is 14.9. The van der Waals surface area contributed by atoms with Gasteiger partial charge in [-0.15, -0.1) is 0 Å². The van der Waals surface area contributed by atoms with Gasteiger partial charge < -0.3 is 10.2 Å². The zero-order valence-electron chi connectivity index (χ0n) is 27.1. The van der Waals surface area contributed by atoms with Crippen molar-refractivity contribution < 1.29 is 18.0 Å². The van der Waals surface area contributed by atoms with E-state index < -0.39 is 28.5 Å². The van der Waals surface area contributed by atoms with Gasteiger partial charge in [0, 0.05) is 29.6 Å². The minimum atomic E-state index is -4.19. The molecule has 1 N–H and O–H groups in total.